The summed E-state index contributed by atoms with van der Waals surface area (Å²) in [5.74, 6) is -0.350. The molecule has 0 saturated heterocycles. The molecule has 0 spiro atoms. The molecule has 0 aliphatic rings. The quantitative estimate of drug-likeness (QED) is 0.739. The molecular formula is C10H13ClFN. The number of rotatable bonds is 4. The van der Waals surface area contributed by atoms with Crippen LogP contribution in [0.2, 0.25) is 5.02 Å². The van der Waals surface area contributed by atoms with Crippen LogP contribution in [0.15, 0.2) is 18.2 Å². The molecule has 13 heavy (non-hydrogen) atoms. The van der Waals surface area contributed by atoms with Crippen molar-refractivity contribution in [2.75, 3.05) is 6.54 Å². The van der Waals surface area contributed by atoms with Gasteiger partial charge in [0.2, 0.25) is 0 Å². The minimum absolute atomic E-state index is 0.180. The van der Waals surface area contributed by atoms with Crippen molar-refractivity contribution in [3.63, 3.8) is 0 Å². The van der Waals surface area contributed by atoms with Gasteiger partial charge in [-0.15, -0.1) is 0 Å². The highest BCUT2D eigenvalue weighted by atomic mass is 35.5. The van der Waals surface area contributed by atoms with Gasteiger partial charge in [0, 0.05) is 6.54 Å². The summed E-state index contributed by atoms with van der Waals surface area (Å²) < 4.78 is 12.9. The molecule has 0 bridgehead atoms. The summed E-state index contributed by atoms with van der Waals surface area (Å²) in [7, 11) is 0. The van der Waals surface area contributed by atoms with Gasteiger partial charge < -0.3 is 5.32 Å². The Morgan fingerprint density at radius 2 is 2.23 bits per heavy atom. The molecular weight excluding hydrogens is 189 g/mol. The maximum Gasteiger partial charge on any atom is 0.142 e. The van der Waals surface area contributed by atoms with Gasteiger partial charge in [-0.1, -0.05) is 24.6 Å². The molecule has 0 amide bonds. The van der Waals surface area contributed by atoms with Gasteiger partial charge >= 0.3 is 0 Å². The van der Waals surface area contributed by atoms with Crippen LogP contribution in [0.3, 0.4) is 0 Å². The molecule has 0 saturated carbocycles. The normalized spacial score (nSPS) is 10.4. The molecule has 1 N–H and O–H groups in total. The Morgan fingerprint density at radius 3 is 2.85 bits per heavy atom. The van der Waals surface area contributed by atoms with Gasteiger partial charge in [0.1, 0.15) is 5.82 Å². The molecule has 0 radical (unpaired) electrons. The molecule has 0 unspecified atom stereocenters. The van der Waals surface area contributed by atoms with Gasteiger partial charge in [-0.2, -0.15) is 0 Å². The van der Waals surface area contributed by atoms with E-state index in [1.54, 1.807) is 6.07 Å². The number of nitrogens with one attached hydrogen (secondary N) is 1. The maximum absolute atomic E-state index is 12.9. The first-order valence-electron chi connectivity index (χ1n) is 4.38. The van der Waals surface area contributed by atoms with Gasteiger partial charge in [0.15, 0.2) is 0 Å². The van der Waals surface area contributed by atoms with Crippen molar-refractivity contribution >= 4 is 11.6 Å². The van der Waals surface area contributed by atoms with Gasteiger partial charge in [-0.3, -0.25) is 0 Å². The van der Waals surface area contributed by atoms with Crippen LogP contribution in [0.1, 0.15) is 18.9 Å². The Bertz CT molecular complexity index is 276. The van der Waals surface area contributed by atoms with E-state index in [1.165, 1.54) is 6.07 Å². The molecule has 72 valence electrons. The fourth-order valence-corrected chi connectivity index (χ4v) is 1.18. The Labute approximate surface area is 82.9 Å². The zero-order valence-corrected chi connectivity index (χ0v) is 8.37. The summed E-state index contributed by atoms with van der Waals surface area (Å²) in [4.78, 5) is 0. The third-order valence-electron chi connectivity index (χ3n) is 1.74. The molecule has 0 fully saturated rings. The molecule has 1 aromatic rings. The second kappa shape index (κ2) is 5.20. The van der Waals surface area contributed by atoms with E-state index < -0.39 is 0 Å². The van der Waals surface area contributed by atoms with Crippen molar-refractivity contribution < 1.29 is 4.39 Å². The van der Waals surface area contributed by atoms with Crippen molar-refractivity contribution in [3.8, 4) is 0 Å². The van der Waals surface area contributed by atoms with Crippen LogP contribution in [-0.2, 0) is 6.54 Å². The van der Waals surface area contributed by atoms with E-state index in [0.717, 1.165) is 18.5 Å². The molecule has 1 aromatic carbocycles. The van der Waals surface area contributed by atoms with Crippen LogP contribution in [-0.4, -0.2) is 6.54 Å². The van der Waals surface area contributed by atoms with Crippen molar-refractivity contribution in [1.82, 2.24) is 5.32 Å². The molecule has 1 nitrogen and oxygen atoms in total. The fraction of sp³-hybridized carbons (Fsp3) is 0.400. The number of hydrogen-bond donors (Lipinski definition) is 1. The molecule has 0 aromatic heterocycles. The first-order chi connectivity index (χ1) is 6.24. The Hall–Kier alpha value is -0.600. The van der Waals surface area contributed by atoms with E-state index in [1.807, 2.05) is 6.07 Å². The smallest absolute Gasteiger partial charge is 0.142 e. The summed E-state index contributed by atoms with van der Waals surface area (Å²) in [5, 5.41) is 3.37. The van der Waals surface area contributed by atoms with Crippen molar-refractivity contribution in [3.05, 3.63) is 34.6 Å². The summed E-state index contributed by atoms with van der Waals surface area (Å²) in [5.41, 5.74) is 0.926. The molecule has 0 aliphatic heterocycles. The molecule has 0 heterocycles. The highest BCUT2D eigenvalue weighted by Gasteiger charge is 1.99. The maximum atomic E-state index is 12.9. The topological polar surface area (TPSA) is 12.0 Å². The summed E-state index contributed by atoms with van der Waals surface area (Å²) in [6, 6.07) is 4.87. The lowest BCUT2D eigenvalue weighted by Gasteiger charge is -2.03. The lowest BCUT2D eigenvalue weighted by molar-refractivity contribution is 0.619. The van der Waals surface area contributed by atoms with E-state index in [4.69, 9.17) is 11.6 Å². The monoisotopic (exact) mass is 201 g/mol. The number of benzene rings is 1. The van der Waals surface area contributed by atoms with Gasteiger partial charge in [-0.25, -0.2) is 4.39 Å². The third kappa shape index (κ3) is 3.33. The molecule has 0 atom stereocenters. The number of hydrogen-bond acceptors (Lipinski definition) is 1. The van der Waals surface area contributed by atoms with Crippen molar-refractivity contribution in [1.29, 1.82) is 0 Å². The van der Waals surface area contributed by atoms with Crippen LogP contribution in [0, 0.1) is 5.82 Å². The zero-order valence-electron chi connectivity index (χ0n) is 7.61. The molecule has 3 heteroatoms. The van der Waals surface area contributed by atoms with Gasteiger partial charge in [0.05, 0.1) is 5.02 Å². The average molecular weight is 202 g/mol. The van der Waals surface area contributed by atoms with Crippen LogP contribution in [0.5, 0.6) is 0 Å². The van der Waals surface area contributed by atoms with Gasteiger partial charge in [-0.05, 0) is 30.7 Å². The van der Waals surface area contributed by atoms with E-state index in [2.05, 4.69) is 12.2 Å². The zero-order chi connectivity index (χ0) is 9.68. The fourth-order valence-electron chi connectivity index (χ4n) is 1.06. The predicted octanol–water partition coefficient (Wildman–Crippen LogP) is 2.98. The van der Waals surface area contributed by atoms with E-state index >= 15 is 0 Å². The molecule has 0 aliphatic carbocycles. The first kappa shape index (κ1) is 10.5. The third-order valence-corrected chi connectivity index (χ3v) is 2.05. The predicted molar refractivity (Wildman–Crippen MR) is 53.4 cm³/mol. The molecule has 1 rings (SSSR count). The second-order valence-electron chi connectivity index (χ2n) is 2.93. The van der Waals surface area contributed by atoms with Crippen LogP contribution in [0.4, 0.5) is 4.39 Å². The Morgan fingerprint density at radius 1 is 1.46 bits per heavy atom. The minimum Gasteiger partial charge on any atom is -0.313 e. The van der Waals surface area contributed by atoms with Gasteiger partial charge in [0.25, 0.3) is 0 Å². The largest absolute Gasteiger partial charge is 0.313 e. The van der Waals surface area contributed by atoms with E-state index in [9.17, 15) is 4.39 Å². The Kier molecular flexibility index (Phi) is 4.19. The SMILES string of the molecule is CCCNCc1ccc(Cl)c(F)c1. The van der Waals surface area contributed by atoms with Crippen LogP contribution in [0.25, 0.3) is 0 Å². The van der Waals surface area contributed by atoms with Crippen molar-refractivity contribution in [2.24, 2.45) is 0 Å². The lowest BCUT2D eigenvalue weighted by atomic mass is 10.2. The summed E-state index contributed by atoms with van der Waals surface area (Å²) in [6.07, 6.45) is 1.08. The minimum atomic E-state index is -0.350. The van der Waals surface area contributed by atoms with Crippen LogP contribution < -0.4 is 5.32 Å². The lowest BCUT2D eigenvalue weighted by Crippen LogP contribution is -2.13. The summed E-state index contributed by atoms with van der Waals surface area (Å²) in [6.45, 7) is 3.74. The van der Waals surface area contributed by atoms with Crippen LogP contribution >= 0.6 is 11.6 Å². The van der Waals surface area contributed by atoms with E-state index in [-0.39, 0.29) is 10.8 Å². The second-order valence-corrected chi connectivity index (χ2v) is 3.33. The standard InChI is InChI=1S/C10H13ClFN/c1-2-5-13-7-8-3-4-9(11)10(12)6-8/h3-4,6,13H,2,5,7H2,1H3. The van der Waals surface area contributed by atoms with E-state index in [0.29, 0.717) is 6.54 Å². The van der Waals surface area contributed by atoms with Crippen molar-refractivity contribution in [2.45, 2.75) is 19.9 Å². The first-order valence-corrected chi connectivity index (χ1v) is 4.76. The number of halogens is 2. The Balaban J connectivity index is 2.53. The average Bonchev–Trinajstić information content (AvgIpc) is 2.12. The summed E-state index contributed by atoms with van der Waals surface area (Å²) >= 11 is 5.55. The highest BCUT2D eigenvalue weighted by Crippen LogP contribution is 2.15. The highest BCUT2D eigenvalue weighted by molar-refractivity contribution is 6.30.